The smallest absolute Gasteiger partial charge is 0.228 e. The molecule has 0 spiro atoms. The van der Waals surface area contributed by atoms with Crippen LogP contribution in [0.25, 0.3) is 0 Å². The SMILES string of the molecule is COc1ccccc1N1CC(C(=O)N2CCCN(Cc3ccccc3)CC2)CC1=O. The highest BCUT2D eigenvalue weighted by Gasteiger charge is 2.38. The van der Waals surface area contributed by atoms with E-state index < -0.39 is 0 Å². The highest BCUT2D eigenvalue weighted by Crippen LogP contribution is 2.33. The Morgan fingerprint density at radius 3 is 2.57 bits per heavy atom. The van der Waals surface area contributed by atoms with Crippen LogP contribution in [-0.2, 0) is 16.1 Å². The molecule has 2 aromatic carbocycles. The van der Waals surface area contributed by atoms with Crippen LogP contribution in [0.4, 0.5) is 5.69 Å². The van der Waals surface area contributed by atoms with Crippen molar-refractivity contribution >= 4 is 17.5 Å². The molecule has 2 heterocycles. The zero-order valence-corrected chi connectivity index (χ0v) is 17.5. The zero-order valence-electron chi connectivity index (χ0n) is 17.5. The van der Waals surface area contributed by atoms with Crippen LogP contribution in [0.1, 0.15) is 18.4 Å². The van der Waals surface area contributed by atoms with Gasteiger partial charge in [0, 0.05) is 45.7 Å². The maximum Gasteiger partial charge on any atom is 0.228 e. The molecule has 0 aromatic heterocycles. The highest BCUT2D eigenvalue weighted by atomic mass is 16.5. The van der Waals surface area contributed by atoms with Gasteiger partial charge in [0.1, 0.15) is 5.75 Å². The van der Waals surface area contributed by atoms with Crippen LogP contribution >= 0.6 is 0 Å². The number of hydrogen-bond donors (Lipinski definition) is 0. The van der Waals surface area contributed by atoms with E-state index in [9.17, 15) is 9.59 Å². The van der Waals surface area contributed by atoms with E-state index in [0.29, 0.717) is 18.8 Å². The van der Waals surface area contributed by atoms with Gasteiger partial charge in [0.15, 0.2) is 0 Å². The second kappa shape index (κ2) is 9.30. The minimum atomic E-state index is -0.289. The van der Waals surface area contributed by atoms with E-state index >= 15 is 0 Å². The molecule has 158 valence electrons. The summed E-state index contributed by atoms with van der Waals surface area (Å²) in [6, 6.07) is 17.9. The Hall–Kier alpha value is -2.86. The van der Waals surface area contributed by atoms with E-state index in [1.807, 2.05) is 35.2 Å². The van der Waals surface area contributed by atoms with Gasteiger partial charge in [0.25, 0.3) is 0 Å². The van der Waals surface area contributed by atoms with Crippen LogP contribution in [0.2, 0.25) is 0 Å². The molecule has 30 heavy (non-hydrogen) atoms. The molecule has 1 atom stereocenters. The van der Waals surface area contributed by atoms with E-state index in [4.69, 9.17) is 4.74 Å². The molecule has 2 amide bonds. The summed E-state index contributed by atoms with van der Waals surface area (Å²) >= 11 is 0. The molecular weight excluding hydrogens is 378 g/mol. The van der Waals surface area contributed by atoms with Crippen LogP contribution in [0.5, 0.6) is 5.75 Å². The van der Waals surface area contributed by atoms with Gasteiger partial charge >= 0.3 is 0 Å². The predicted octanol–water partition coefficient (Wildman–Crippen LogP) is 2.78. The Morgan fingerprint density at radius 1 is 1.00 bits per heavy atom. The summed E-state index contributed by atoms with van der Waals surface area (Å²) in [5.41, 5.74) is 2.04. The zero-order chi connectivity index (χ0) is 20.9. The van der Waals surface area contributed by atoms with Gasteiger partial charge in [0.2, 0.25) is 11.8 Å². The monoisotopic (exact) mass is 407 g/mol. The van der Waals surface area contributed by atoms with E-state index in [2.05, 4.69) is 29.2 Å². The lowest BCUT2D eigenvalue weighted by molar-refractivity contribution is -0.135. The Morgan fingerprint density at radius 2 is 1.77 bits per heavy atom. The summed E-state index contributed by atoms with van der Waals surface area (Å²) in [6.45, 7) is 4.64. The number of amides is 2. The predicted molar refractivity (Wildman–Crippen MR) is 116 cm³/mol. The topological polar surface area (TPSA) is 53.1 Å². The number of carbonyl (C=O) groups excluding carboxylic acids is 2. The molecule has 2 aromatic rings. The van der Waals surface area contributed by atoms with Gasteiger partial charge in [-0.25, -0.2) is 0 Å². The van der Waals surface area contributed by atoms with Crippen LogP contribution in [-0.4, -0.2) is 61.4 Å². The number of ether oxygens (including phenoxy) is 1. The van der Waals surface area contributed by atoms with E-state index in [1.165, 1.54) is 5.56 Å². The normalized spacial score (nSPS) is 20.3. The molecule has 2 aliphatic rings. The van der Waals surface area contributed by atoms with Crippen molar-refractivity contribution in [2.24, 2.45) is 5.92 Å². The highest BCUT2D eigenvalue weighted by molar-refractivity contribution is 6.01. The average Bonchev–Trinajstić information content (AvgIpc) is 3.01. The van der Waals surface area contributed by atoms with Gasteiger partial charge in [-0.1, -0.05) is 42.5 Å². The number of hydrogen-bond acceptors (Lipinski definition) is 4. The maximum absolute atomic E-state index is 13.2. The van der Waals surface area contributed by atoms with Gasteiger partial charge < -0.3 is 14.5 Å². The largest absolute Gasteiger partial charge is 0.495 e. The van der Waals surface area contributed by atoms with Gasteiger partial charge in [0.05, 0.1) is 18.7 Å². The van der Waals surface area contributed by atoms with E-state index in [-0.39, 0.29) is 24.2 Å². The molecule has 0 aliphatic carbocycles. The van der Waals surface area contributed by atoms with Crippen LogP contribution in [0, 0.1) is 5.92 Å². The minimum absolute atomic E-state index is 0.0154. The average molecular weight is 408 g/mol. The lowest BCUT2D eigenvalue weighted by atomic mass is 10.1. The maximum atomic E-state index is 13.2. The summed E-state index contributed by atoms with van der Waals surface area (Å²) in [6.07, 6.45) is 1.22. The summed E-state index contributed by atoms with van der Waals surface area (Å²) in [7, 11) is 1.60. The third-order valence-corrected chi connectivity index (χ3v) is 6.00. The third kappa shape index (κ3) is 4.49. The Labute approximate surface area is 178 Å². The molecule has 2 fully saturated rings. The number of nitrogens with zero attached hydrogens (tertiary/aromatic N) is 3. The molecule has 2 aliphatic heterocycles. The Bertz CT molecular complexity index is 886. The molecule has 2 saturated heterocycles. The lowest BCUT2D eigenvalue weighted by Gasteiger charge is -2.25. The Kier molecular flexibility index (Phi) is 6.33. The molecule has 0 saturated carbocycles. The number of carbonyl (C=O) groups is 2. The fourth-order valence-electron chi connectivity index (χ4n) is 4.41. The Balaban J connectivity index is 1.37. The van der Waals surface area contributed by atoms with E-state index in [1.54, 1.807) is 12.0 Å². The standard InChI is InChI=1S/C24H29N3O3/c1-30-22-11-6-5-10-21(22)27-18-20(16-23(27)28)24(29)26-13-7-12-25(14-15-26)17-19-8-3-2-4-9-19/h2-6,8-11,20H,7,12-18H2,1H3. The molecular formula is C24H29N3O3. The quantitative estimate of drug-likeness (QED) is 0.765. The van der Waals surface area contributed by atoms with Crippen molar-refractivity contribution in [1.29, 1.82) is 0 Å². The van der Waals surface area contributed by atoms with Gasteiger partial charge in [-0.15, -0.1) is 0 Å². The van der Waals surface area contributed by atoms with Crippen molar-refractivity contribution in [3.63, 3.8) is 0 Å². The van der Waals surface area contributed by atoms with Crippen LogP contribution < -0.4 is 9.64 Å². The first-order chi connectivity index (χ1) is 14.7. The van der Waals surface area contributed by atoms with Gasteiger partial charge in [-0.05, 0) is 24.1 Å². The number of para-hydroxylation sites is 2. The fourth-order valence-corrected chi connectivity index (χ4v) is 4.41. The van der Waals surface area contributed by atoms with E-state index in [0.717, 1.165) is 38.3 Å². The molecule has 6 heteroatoms. The fraction of sp³-hybridized carbons (Fsp3) is 0.417. The van der Waals surface area contributed by atoms with Crippen molar-refractivity contribution in [1.82, 2.24) is 9.80 Å². The second-order valence-corrected chi connectivity index (χ2v) is 8.02. The van der Waals surface area contributed by atoms with Crippen molar-refractivity contribution in [2.45, 2.75) is 19.4 Å². The lowest BCUT2D eigenvalue weighted by Crippen LogP contribution is -2.40. The second-order valence-electron chi connectivity index (χ2n) is 8.02. The molecule has 1 unspecified atom stereocenters. The third-order valence-electron chi connectivity index (χ3n) is 6.00. The molecule has 6 nitrogen and oxygen atoms in total. The van der Waals surface area contributed by atoms with Crippen LogP contribution in [0.3, 0.4) is 0 Å². The number of benzene rings is 2. The summed E-state index contributed by atoms with van der Waals surface area (Å²) < 4.78 is 5.40. The number of methoxy groups -OCH3 is 1. The first-order valence-corrected chi connectivity index (χ1v) is 10.6. The molecule has 0 bridgehead atoms. The first kappa shape index (κ1) is 20.4. The molecule has 0 radical (unpaired) electrons. The molecule has 0 N–H and O–H groups in total. The summed E-state index contributed by atoms with van der Waals surface area (Å²) in [5.74, 6) is 0.453. The summed E-state index contributed by atoms with van der Waals surface area (Å²) in [5, 5.41) is 0. The first-order valence-electron chi connectivity index (χ1n) is 10.6. The summed E-state index contributed by atoms with van der Waals surface area (Å²) in [4.78, 5) is 31.9. The van der Waals surface area contributed by atoms with Gasteiger partial charge in [-0.3, -0.25) is 14.5 Å². The van der Waals surface area contributed by atoms with Crippen molar-refractivity contribution < 1.29 is 14.3 Å². The number of rotatable bonds is 5. The molecule has 4 rings (SSSR count). The van der Waals surface area contributed by atoms with Crippen molar-refractivity contribution in [3.8, 4) is 5.75 Å². The number of anilines is 1. The van der Waals surface area contributed by atoms with Crippen molar-refractivity contribution in [3.05, 3.63) is 60.2 Å². The van der Waals surface area contributed by atoms with Gasteiger partial charge in [-0.2, -0.15) is 0 Å². The minimum Gasteiger partial charge on any atom is -0.495 e. The van der Waals surface area contributed by atoms with Crippen molar-refractivity contribution in [2.75, 3.05) is 44.7 Å². The van der Waals surface area contributed by atoms with Crippen LogP contribution in [0.15, 0.2) is 54.6 Å².